The molecule has 0 aliphatic carbocycles. The van der Waals surface area contributed by atoms with Crippen LogP contribution in [0.4, 0.5) is 6.01 Å². The third kappa shape index (κ3) is 4.06. The molecule has 1 aromatic heterocycles. The van der Waals surface area contributed by atoms with Gasteiger partial charge in [-0.15, -0.1) is 5.10 Å². The summed E-state index contributed by atoms with van der Waals surface area (Å²) in [6.45, 7) is 6.47. The van der Waals surface area contributed by atoms with Crippen molar-refractivity contribution in [3.05, 3.63) is 41.8 Å². The van der Waals surface area contributed by atoms with Crippen molar-refractivity contribution in [1.82, 2.24) is 15.5 Å². The highest BCUT2D eigenvalue weighted by Gasteiger charge is 2.08. The van der Waals surface area contributed by atoms with Crippen molar-refractivity contribution in [2.45, 2.75) is 26.3 Å². The number of nitrogens with one attached hydrogen (secondary N) is 2. The second-order valence-corrected chi connectivity index (χ2v) is 4.47. The number of rotatable bonds is 7. The van der Waals surface area contributed by atoms with E-state index in [0.717, 1.165) is 13.1 Å². The normalized spacial score (nSPS) is 12.3. The van der Waals surface area contributed by atoms with Crippen molar-refractivity contribution in [2.24, 2.45) is 0 Å². The van der Waals surface area contributed by atoms with E-state index in [1.165, 1.54) is 5.56 Å². The summed E-state index contributed by atoms with van der Waals surface area (Å²) in [6.07, 6.45) is 0. The summed E-state index contributed by atoms with van der Waals surface area (Å²) < 4.78 is 5.48. The molecule has 0 aliphatic rings. The molecular weight excluding hydrogens is 240 g/mol. The quantitative estimate of drug-likeness (QED) is 0.800. The van der Waals surface area contributed by atoms with Crippen LogP contribution in [0.25, 0.3) is 0 Å². The van der Waals surface area contributed by atoms with E-state index in [0.29, 0.717) is 24.4 Å². The predicted octanol–water partition coefficient (Wildman–Crippen LogP) is 2.39. The molecule has 102 valence electrons. The van der Waals surface area contributed by atoms with Crippen LogP contribution in [0, 0.1) is 0 Å². The highest BCUT2D eigenvalue weighted by atomic mass is 16.4. The second-order valence-electron chi connectivity index (χ2n) is 4.47. The molecule has 0 saturated heterocycles. The molecule has 5 heteroatoms. The topological polar surface area (TPSA) is 63.0 Å². The fourth-order valence-electron chi connectivity index (χ4n) is 1.77. The van der Waals surface area contributed by atoms with Crippen LogP contribution in [0.3, 0.4) is 0 Å². The number of hydrogen-bond donors (Lipinski definition) is 2. The van der Waals surface area contributed by atoms with Gasteiger partial charge in [-0.2, -0.15) is 0 Å². The van der Waals surface area contributed by atoms with Gasteiger partial charge in [0.1, 0.15) is 0 Å². The maximum absolute atomic E-state index is 5.48. The summed E-state index contributed by atoms with van der Waals surface area (Å²) >= 11 is 0. The smallest absolute Gasteiger partial charge is 0.315 e. The van der Waals surface area contributed by atoms with Crippen LogP contribution in [0.5, 0.6) is 0 Å². The lowest BCUT2D eigenvalue weighted by Gasteiger charge is -2.11. The average Bonchev–Trinajstić information content (AvgIpc) is 2.91. The van der Waals surface area contributed by atoms with E-state index in [1.54, 1.807) is 0 Å². The van der Waals surface area contributed by atoms with Gasteiger partial charge >= 0.3 is 6.01 Å². The van der Waals surface area contributed by atoms with Crippen molar-refractivity contribution in [3.63, 3.8) is 0 Å². The van der Waals surface area contributed by atoms with E-state index >= 15 is 0 Å². The van der Waals surface area contributed by atoms with Crippen LogP contribution in [-0.2, 0) is 6.54 Å². The molecule has 0 aliphatic heterocycles. The molecule has 2 N–H and O–H groups in total. The van der Waals surface area contributed by atoms with E-state index < -0.39 is 0 Å². The molecule has 0 bridgehead atoms. The van der Waals surface area contributed by atoms with Gasteiger partial charge in [0.25, 0.3) is 0 Å². The van der Waals surface area contributed by atoms with Gasteiger partial charge in [0.05, 0.1) is 6.54 Å². The summed E-state index contributed by atoms with van der Waals surface area (Å²) in [5.41, 5.74) is 1.29. The first-order valence-corrected chi connectivity index (χ1v) is 6.61. The van der Waals surface area contributed by atoms with Crippen LogP contribution in [0.1, 0.15) is 31.2 Å². The van der Waals surface area contributed by atoms with Crippen LogP contribution in [0.15, 0.2) is 34.7 Å². The Balaban J connectivity index is 1.83. The Labute approximate surface area is 113 Å². The highest BCUT2D eigenvalue weighted by Crippen LogP contribution is 2.15. The van der Waals surface area contributed by atoms with Crippen LogP contribution in [-0.4, -0.2) is 23.3 Å². The molecule has 0 radical (unpaired) electrons. The molecule has 0 amide bonds. The predicted molar refractivity (Wildman–Crippen MR) is 75.0 cm³/mol. The second kappa shape index (κ2) is 6.89. The minimum atomic E-state index is 0.394. The SMILES string of the molecule is CCNCc1nnc(NCC(C)c2ccccc2)o1. The zero-order valence-corrected chi connectivity index (χ0v) is 11.4. The Morgan fingerprint density at radius 3 is 2.74 bits per heavy atom. The third-order valence-corrected chi connectivity index (χ3v) is 2.92. The summed E-state index contributed by atoms with van der Waals surface area (Å²) in [4.78, 5) is 0. The van der Waals surface area contributed by atoms with Gasteiger partial charge in [0.2, 0.25) is 5.89 Å². The molecule has 1 heterocycles. The maximum Gasteiger partial charge on any atom is 0.315 e. The standard InChI is InChI=1S/C14H20N4O/c1-3-15-10-13-17-18-14(19-13)16-9-11(2)12-7-5-4-6-8-12/h4-8,11,15H,3,9-10H2,1-2H3,(H,16,18). The first-order chi connectivity index (χ1) is 9.29. The summed E-state index contributed by atoms with van der Waals surface area (Å²) in [6, 6.07) is 10.8. The van der Waals surface area contributed by atoms with E-state index in [9.17, 15) is 0 Å². The fourth-order valence-corrected chi connectivity index (χ4v) is 1.77. The van der Waals surface area contributed by atoms with E-state index in [-0.39, 0.29) is 0 Å². The molecule has 1 unspecified atom stereocenters. The number of nitrogens with zero attached hydrogens (tertiary/aromatic N) is 2. The Morgan fingerprint density at radius 2 is 2.00 bits per heavy atom. The number of aromatic nitrogens is 2. The van der Waals surface area contributed by atoms with E-state index in [4.69, 9.17) is 4.42 Å². The first-order valence-electron chi connectivity index (χ1n) is 6.61. The Morgan fingerprint density at radius 1 is 1.21 bits per heavy atom. The summed E-state index contributed by atoms with van der Waals surface area (Å²) in [5.74, 6) is 1.00. The Bertz CT molecular complexity index is 483. The number of anilines is 1. The zero-order valence-electron chi connectivity index (χ0n) is 11.4. The Hall–Kier alpha value is -1.88. The molecular formula is C14H20N4O. The first kappa shape index (κ1) is 13.5. The largest absolute Gasteiger partial charge is 0.407 e. The minimum Gasteiger partial charge on any atom is -0.407 e. The molecule has 1 atom stereocenters. The van der Waals surface area contributed by atoms with Gasteiger partial charge in [0.15, 0.2) is 0 Å². The maximum atomic E-state index is 5.48. The molecule has 19 heavy (non-hydrogen) atoms. The highest BCUT2D eigenvalue weighted by molar-refractivity contribution is 5.23. The van der Waals surface area contributed by atoms with Crippen molar-refractivity contribution in [2.75, 3.05) is 18.4 Å². The van der Waals surface area contributed by atoms with Crippen molar-refractivity contribution < 1.29 is 4.42 Å². The number of hydrogen-bond acceptors (Lipinski definition) is 5. The van der Waals surface area contributed by atoms with E-state index in [1.807, 2.05) is 25.1 Å². The van der Waals surface area contributed by atoms with Crippen LogP contribution >= 0.6 is 0 Å². The van der Waals surface area contributed by atoms with E-state index in [2.05, 4.69) is 39.9 Å². The molecule has 1 aromatic carbocycles. The Kier molecular flexibility index (Phi) is 4.92. The van der Waals surface area contributed by atoms with Gasteiger partial charge in [-0.25, -0.2) is 0 Å². The third-order valence-electron chi connectivity index (χ3n) is 2.92. The van der Waals surface area contributed by atoms with Gasteiger partial charge in [0, 0.05) is 6.54 Å². The summed E-state index contributed by atoms with van der Waals surface area (Å²) in [5, 5.41) is 14.2. The lowest BCUT2D eigenvalue weighted by atomic mass is 10.0. The minimum absolute atomic E-state index is 0.394. The molecule has 0 fully saturated rings. The molecule has 2 aromatic rings. The monoisotopic (exact) mass is 260 g/mol. The molecule has 0 spiro atoms. The van der Waals surface area contributed by atoms with Gasteiger partial charge in [-0.1, -0.05) is 49.3 Å². The van der Waals surface area contributed by atoms with Crippen LogP contribution in [0.2, 0.25) is 0 Å². The molecule has 2 rings (SSSR count). The molecule has 0 saturated carbocycles. The number of benzene rings is 1. The lowest BCUT2D eigenvalue weighted by molar-refractivity contribution is 0.480. The lowest BCUT2D eigenvalue weighted by Crippen LogP contribution is -2.11. The van der Waals surface area contributed by atoms with Gasteiger partial charge < -0.3 is 15.1 Å². The van der Waals surface area contributed by atoms with Gasteiger partial charge in [-0.3, -0.25) is 0 Å². The fraction of sp³-hybridized carbons (Fsp3) is 0.429. The van der Waals surface area contributed by atoms with Crippen molar-refractivity contribution in [1.29, 1.82) is 0 Å². The van der Waals surface area contributed by atoms with Crippen molar-refractivity contribution >= 4 is 6.01 Å². The zero-order chi connectivity index (χ0) is 13.5. The molecule has 5 nitrogen and oxygen atoms in total. The van der Waals surface area contributed by atoms with Crippen LogP contribution < -0.4 is 10.6 Å². The van der Waals surface area contributed by atoms with Crippen molar-refractivity contribution in [3.8, 4) is 0 Å². The summed E-state index contributed by atoms with van der Waals surface area (Å²) in [7, 11) is 0. The average molecular weight is 260 g/mol. The van der Waals surface area contributed by atoms with Gasteiger partial charge in [-0.05, 0) is 18.0 Å².